The van der Waals surface area contributed by atoms with Crippen molar-refractivity contribution in [3.05, 3.63) is 0 Å². The zero-order valence-corrected chi connectivity index (χ0v) is 8.62. The van der Waals surface area contributed by atoms with Crippen LogP contribution >= 0.6 is 0 Å². The minimum Gasteiger partial charge on any atom is -0.480 e. The summed E-state index contributed by atoms with van der Waals surface area (Å²) in [6.45, 7) is 3.87. The van der Waals surface area contributed by atoms with E-state index in [1.807, 2.05) is 13.8 Å². The molecule has 0 bridgehead atoms. The Morgan fingerprint density at radius 1 is 1.50 bits per heavy atom. The number of amides is 1. The van der Waals surface area contributed by atoms with Crippen LogP contribution in [-0.2, 0) is 9.59 Å². The van der Waals surface area contributed by atoms with Gasteiger partial charge in [-0.05, 0) is 19.8 Å². The van der Waals surface area contributed by atoms with Crippen molar-refractivity contribution in [2.24, 2.45) is 5.73 Å². The smallest absolute Gasteiger partial charge is 0.320 e. The van der Waals surface area contributed by atoms with E-state index in [9.17, 15) is 9.59 Å². The van der Waals surface area contributed by atoms with Gasteiger partial charge in [-0.1, -0.05) is 6.92 Å². The first-order valence-electron chi connectivity index (χ1n) is 4.74. The average Bonchev–Trinajstić information content (AvgIpc) is 2.10. The third-order valence-corrected chi connectivity index (χ3v) is 2.08. The molecule has 0 saturated heterocycles. The molecule has 0 rings (SSSR count). The normalized spacial score (nSPS) is 14.7. The van der Waals surface area contributed by atoms with Crippen molar-refractivity contribution in [1.29, 1.82) is 0 Å². The molecule has 0 saturated carbocycles. The fourth-order valence-corrected chi connectivity index (χ4v) is 1.03. The van der Waals surface area contributed by atoms with Gasteiger partial charge in [-0.15, -0.1) is 0 Å². The lowest BCUT2D eigenvalue weighted by Gasteiger charge is -2.18. The summed E-state index contributed by atoms with van der Waals surface area (Å²) >= 11 is 0. The van der Waals surface area contributed by atoms with Crippen LogP contribution in [0.25, 0.3) is 0 Å². The lowest BCUT2D eigenvalue weighted by molar-refractivity contribution is -0.140. The molecule has 0 aromatic carbocycles. The number of nitrogens with two attached hydrogens (primary N) is 1. The van der Waals surface area contributed by atoms with Gasteiger partial charge in [0.05, 0.1) is 0 Å². The maximum atomic E-state index is 10.7. The Morgan fingerprint density at radius 2 is 2.07 bits per heavy atom. The molecule has 1 amide bonds. The Labute approximate surface area is 83.7 Å². The molecule has 0 aliphatic heterocycles. The molecule has 14 heavy (non-hydrogen) atoms. The van der Waals surface area contributed by atoms with Crippen LogP contribution in [0.1, 0.15) is 33.1 Å². The molecule has 0 aliphatic rings. The topological polar surface area (TPSA) is 92.4 Å². The molecule has 0 aliphatic carbocycles. The highest BCUT2D eigenvalue weighted by Crippen LogP contribution is 2.00. The van der Waals surface area contributed by atoms with Gasteiger partial charge in [-0.25, -0.2) is 0 Å². The van der Waals surface area contributed by atoms with Gasteiger partial charge in [-0.2, -0.15) is 0 Å². The quantitative estimate of drug-likeness (QED) is 0.545. The molecule has 0 heterocycles. The molecule has 2 atom stereocenters. The van der Waals surface area contributed by atoms with E-state index >= 15 is 0 Å². The van der Waals surface area contributed by atoms with Crippen LogP contribution in [0.15, 0.2) is 0 Å². The molecule has 0 aromatic heterocycles. The lowest BCUT2D eigenvalue weighted by Crippen LogP contribution is -2.42. The predicted octanol–water partition coefficient (Wildman–Crippen LogP) is 0.0932. The fourth-order valence-electron chi connectivity index (χ4n) is 1.03. The number of primary amides is 1. The van der Waals surface area contributed by atoms with Gasteiger partial charge in [0.25, 0.3) is 0 Å². The van der Waals surface area contributed by atoms with Crippen molar-refractivity contribution in [3.8, 4) is 0 Å². The minimum atomic E-state index is -0.938. The summed E-state index contributed by atoms with van der Waals surface area (Å²) in [6.07, 6.45) is 1.19. The standard InChI is InChI=1S/C9H18N2O3/c1-3-6(2)11-7(9(13)14)4-5-8(10)12/h6-7,11H,3-5H2,1-2H3,(H2,10,12)(H,13,14)/t6?,7-/m0/s1. The zero-order chi connectivity index (χ0) is 11.1. The van der Waals surface area contributed by atoms with Crippen LogP contribution in [0.4, 0.5) is 0 Å². The molecule has 0 aromatic rings. The minimum absolute atomic E-state index is 0.0976. The molecular formula is C9H18N2O3. The van der Waals surface area contributed by atoms with Crippen LogP contribution in [0, 0.1) is 0 Å². The Hall–Kier alpha value is -1.10. The van der Waals surface area contributed by atoms with Gasteiger partial charge in [0.2, 0.25) is 5.91 Å². The molecule has 82 valence electrons. The van der Waals surface area contributed by atoms with E-state index in [4.69, 9.17) is 10.8 Å². The van der Waals surface area contributed by atoms with Gasteiger partial charge in [0, 0.05) is 12.5 Å². The predicted molar refractivity (Wildman–Crippen MR) is 52.7 cm³/mol. The van der Waals surface area contributed by atoms with Crippen LogP contribution in [0.2, 0.25) is 0 Å². The number of aliphatic carboxylic acids is 1. The van der Waals surface area contributed by atoms with Gasteiger partial charge in [0.1, 0.15) is 6.04 Å². The van der Waals surface area contributed by atoms with Crippen LogP contribution in [-0.4, -0.2) is 29.1 Å². The average molecular weight is 202 g/mol. The number of nitrogens with one attached hydrogen (secondary N) is 1. The first-order chi connectivity index (χ1) is 6.47. The molecule has 0 fully saturated rings. The van der Waals surface area contributed by atoms with E-state index in [0.717, 1.165) is 6.42 Å². The maximum Gasteiger partial charge on any atom is 0.320 e. The van der Waals surface area contributed by atoms with Crippen molar-refractivity contribution < 1.29 is 14.7 Å². The third-order valence-electron chi connectivity index (χ3n) is 2.08. The molecule has 1 unspecified atom stereocenters. The second-order valence-electron chi connectivity index (χ2n) is 3.37. The van der Waals surface area contributed by atoms with Crippen LogP contribution in [0.3, 0.4) is 0 Å². The Bertz CT molecular complexity index is 206. The summed E-state index contributed by atoms with van der Waals surface area (Å²) in [6, 6.07) is -0.554. The summed E-state index contributed by atoms with van der Waals surface area (Å²) < 4.78 is 0. The number of carboxylic acids is 1. The van der Waals surface area contributed by atoms with Crippen molar-refractivity contribution in [1.82, 2.24) is 5.32 Å². The molecule has 5 nitrogen and oxygen atoms in total. The van der Waals surface area contributed by atoms with Crippen molar-refractivity contribution in [2.45, 2.75) is 45.2 Å². The molecule has 4 N–H and O–H groups in total. The Balaban J connectivity index is 4.02. The van der Waals surface area contributed by atoms with E-state index in [-0.39, 0.29) is 18.9 Å². The van der Waals surface area contributed by atoms with E-state index in [1.54, 1.807) is 0 Å². The molecular weight excluding hydrogens is 184 g/mol. The first-order valence-corrected chi connectivity index (χ1v) is 4.74. The fraction of sp³-hybridized carbons (Fsp3) is 0.778. The highest BCUT2D eigenvalue weighted by Gasteiger charge is 2.19. The number of hydrogen-bond donors (Lipinski definition) is 3. The molecule has 0 spiro atoms. The second kappa shape index (κ2) is 6.37. The van der Waals surface area contributed by atoms with E-state index in [2.05, 4.69) is 5.32 Å². The van der Waals surface area contributed by atoms with E-state index in [0.29, 0.717) is 0 Å². The number of carboxylic acid groups (broad SMARTS) is 1. The maximum absolute atomic E-state index is 10.7. The largest absolute Gasteiger partial charge is 0.480 e. The van der Waals surface area contributed by atoms with Crippen LogP contribution < -0.4 is 11.1 Å². The highest BCUT2D eigenvalue weighted by molar-refractivity contribution is 5.77. The number of hydrogen-bond acceptors (Lipinski definition) is 3. The molecule has 0 radical (unpaired) electrons. The van der Waals surface area contributed by atoms with E-state index < -0.39 is 17.9 Å². The summed E-state index contributed by atoms with van der Waals surface area (Å²) in [5.41, 5.74) is 4.94. The Morgan fingerprint density at radius 3 is 2.43 bits per heavy atom. The third kappa shape index (κ3) is 5.53. The Kier molecular flexibility index (Phi) is 5.87. The van der Waals surface area contributed by atoms with Gasteiger partial charge >= 0.3 is 5.97 Å². The summed E-state index contributed by atoms with van der Waals surface area (Å²) in [4.78, 5) is 21.2. The van der Waals surface area contributed by atoms with E-state index in [1.165, 1.54) is 0 Å². The second-order valence-corrected chi connectivity index (χ2v) is 3.37. The van der Waals surface area contributed by atoms with Crippen molar-refractivity contribution >= 4 is 11.9 Å². The number of carbonyl (C=O) groups excluding carboxylic acids is 1. The zero-order valence-electron chi connectivity index (χ0n) is 8.62. The van der Waals surface area contributed by atoms with Crippen LogP contribution in [0.5, 0.6) is 0 Å². The lowest BCUT2D eigenvalue weighted by atomic mass is 10.1. The summed E-state index contributed by atoms with van der Waals surface area (Å²) in [7, 11) is 0. The van der Waals surface area contributed by atoms with Crippen molar-refractivity contribution in [3.63, 3.8) is 0 Å². The summed E-state index contributed by atoms with van der Waals surface area (Å²) in [5.74, 6) is -1.41. The monoisotopic (exact) mass is 202 g/mol. The highest BCUT2D eigenvalue weighted by atomic mass is 16.4. The van der Waals surface area contributed by atoms with Crippen molar-refractivity contribution in [2.75, 3.05) is 0 Å². The first kappa shape index (κ1) is 12.9. The van der Waals surface area contributed by atoms with Gasteiger partial charge in [-0.3, -0.25) is 9.59 Å². The van der Waals surface area contributed by atoms with Gasteiger partial charge < -0.3 is 16.2 Å². The summed E-state index contributed by atoms with van der Waals surface area (Å²) in [5, 5.41) is 11.7. The number of rotatable bonds is 7. The SMILES string of the molecule is CCC(C)N[C@@H](CCC(N)=O)C(=O)O. The number of carbonyl (C=O) groups is 2. The molecule has 5 heteroatoms. The van der Waals surface area contributed by atoms with Gasteiger partial charge in [0.15, 0.2) is 0 Å².